The van der Waals surface area contributed by atoms with E-state index < -0.39 is 6.04 Å². The van der Waals surface area contributed by atoms with Crippen molar-refractivity contribution in [1.29, 1.82) is 0 Å². The number of hydrogen-bond acceptors (Lipinski definition) is 15. The number of pyridine rings is 4. The monoisotopic (exact) mass is 671 g/mol. The second-order valence-corrected chi connectivity index (χ2v) is 12.1. The summed E-state index contributed by atoms with van der Waals surface area (Å²) >= 11 is 0. The van der Waals surface area contributed by atoms with E-state index in [4.69, 9.17) is 35.1 Å². The number of nitrogens with two attached hydrogens (primary N) is 1. The molecule has 50 heavy (non-hydrogen) atoms. The fraction of sp³-hybridized carbons (Fsp3) is 0.314. The molecule has 2 fully saturated rings. The maximum absolute atomic E-state index is 6.87. The number of aromatic nitrogens is 8. The third kappa shape index (κ3) is 5.95. The lowest BCUT2D eigenvalue weighted by molar-refractivity contribution is 0.417. The van der Waals surface area contributed by atoms with Crippen molar-refractivity contribution in [1.82, 2.24) is 50.5 Å². The average Bonchev–Trinajstić information content (AvgIpc) is 3.20. The van der Waals surface area contributed by atoms with Gasteiger partial charge in [-0.05, 0) is 24.3 Å². The van der Waals surface area contributed by atoms with Crippen LogP contribution in [0.1, 0.15) is 17.4 Å². The van der Waals surface area contributed by atoms with Crippen molar-refractivity contribution in [3.8, 4) is 34.3 Å². The van der Waals surface area contributed by atoms with Crippen LogP contribution in [0.3, 0.4) is 0 Å². The molecule has 0 spiro atoms. The molecular weight excluding hydrogens is 634 g/mol. The van der Waals surface area contributed by atoms with E-state index in [0.29, 0.717) is 45.6 Å². The highest BCUT2D eigenvalue weighted by molar-refractivity contribution is 5.96. The molecule has 0 unspecified atom stereocenters. The van der Waals surface area contributed by atoms with Gasteiger partial charge in [-0.15, -0.1) is 0 Å². The molecule has 0 radical (unpaired) electrons. The smallest absolute Gasteiger partial charge is 0.162 e. The van der Waals surface area contributed by atoms with Crippen molar-refractivity contribution >= 4 is 33.4 Å². The summed E-state index contributed by atoms with van der Waals surface area (Å²) in [6, 6.07) is 6.97. The number of anilines is 2. The Hall–Kier alpha value is -5.64. The topological polar surface area (TPSA) is 178 Å². The molecule has 8 rings (SSSR count). The largest absolute Gasteiger partial charge is 0.494 e. The highest BCUT2D eigenvalue weighted by atomic mass is 16.5. The molecule has 15 nitrogen and oxygen atoms in total. The molecule has 6 aromatic heterocycles. The minimum atomic E-state index is -0.639. The zero-order valence-corrected chi connectivity index (χ0v) is 27.9. The van der Waals surface area contributed by atoms with Crippen LogP contribution in [0.15, 0.2) is 61.4 Å². The van der Waals surface area contributed by atoms with E-state index in [0.717, 1.165) is 85.9 Å². The third-order valence-electron chi connectivity index (χ3n) is 9.09. The van der Waals surface area contributed by atoms with E-state index in [1.807, 2.05) is 24.3 Å². The average molecular weight is 672 g/mol. The molecule has 6 aromatic rings. The van der Waals surface area contributed by atoms with Crippen LogP contribution in [0, 0.1) is 0 Å². The third-order valence-corrected chi connectivity index (χ3v) is 9.09. The van der Waals surface area contributed by atoms with E-state index in [9.17, 15) is 0 Å². The lowest BCUT2D eigenvalue weighted by Gasteiger charge is -2.29. The van der Waals surface area contributed by atoms with Crippen LogP contribution in [0.25, 0.3) is 44.6 Å². The Kier molecular flexibility index (Phi) is 8.66. The summed E-state index contributed by atoms with van der Waals surface area (Å²) in [7, 11) is 3.27. The fourth-order valence-corrected chi connectivity index (χ4v) is 6.52. The van der Waals surface area contributed by atoms with Gasteiger partial charge < -0.3 is 35.6 Å². The van der Waals surface area contributed by atoms with Crippen LogP contribution >= 0.6 is 0 Å². The summed E-state index contributed by atoms with van der Waals surface area (Å²) < 4.78 is 11.3. The highest BCUT2D eigenvalue weighted by Gasteiger charge is 2.24. The molecule has 15 heteroatoms. The predicted octanol–water partition coefficient (Wildman–Crippen LogP) is 2.37. The van der Waals surface area contributed by atoms with Crippen LogP contribution in [0.4, 0.5) is 11.6 Å². The molecule has 4 N–H and O–H groups in total. The molecule has 8 heterocycles. The number of nitrogens with one attached hydrogen (secondary N) is 2. The number of nitrogens with zero attached hydrogens (tertiary/aromatic N) is 10. The molecule has 254 valence electrons. The van der Waals surface area contributed by atoms with Gasteiger partial charge in [-0.2, -0.15) is 0 Å². The summed E-state index contributed by atoms with van der Waals surface area (Å²) in [4.78, 5) is 42.5. The molecule has 0 amide bonds. The summed E-state index contributed by atoms with van der Waals surface area (Å²) in [6.45, 7) is 6.70. The summed E-state index contributed by atoms with van der Waals surface area (Å²) in [5.41, 5.74) is 11.1. The first-order chi connectivity index (χ1) is 24.6. The predicted molar refractivity (Wildman–Crippen MR) is 190 cm³/mol. The van der Waals surface area contributed by atoms with Crippen LogP contribution in [0.2, 0.25) is 0 Å². The normalized spacial score (nSPS) is 15.2. The highest BCUT2D eigenvalue weighted by Crippen LogP contribution is 2.36. The lowest BCUT2D eigenvalue weighted by Crippen LogP contribution is -2.44. The van der Waals surface area contributed by atoms with E-state index in [1.165, 1.54) is 0 Å². The van der Waals surface area contributed by atoms with Crippen molar-refractivity contribution in [3.05, 3.63) is 72.8 Å². The Morgan fingerprint density at radius 3 is 1.50 bits per heavy atom. The SMILES string of the molecule is COc1cncc2nc(-c3ccnc(C(N)c4cc(-c5nc(N6CCNCC6)c6c(OC)cncc6n5)ccn4)c3)nc(N3CCNCC3)c12. The molecule has 0 saturated carbocycles. The molecule has 2 aliphatic heterocycles. The van der Waals surface area contributed by atoms with Gasteiger partial charge >= 0.3 is 0 Å². The molecule has 0 bridgehead atoms. The maximum Gasteiger partial charge on any atom is 0.162 e. The minimum Gasteiger partial charge on any atom is -0.494 e. The van der Waals surface area contributed by atoms with Crippen LogP contribution in [-0.4, -0.2) is 106 Å². The zero-order chi connectivity index (χ0) is 34.0. The van der Waals surface area contributed by atoms with Crippen molar-refractivity contribution in [2.45, 2.75) is 6.04 Å². The summed E-state index contributed by atoms with van der Waals surface area (Å²) in [6.07, 6.45) is 10.3. The Labute approximate surface area is 288 Å². The maximum atomic E-state index is 6.87. The molecule has 0 atom stereocenters. The van der Waals surface area contributed by atoms with Gasteiger partial charge in [-0.1, -0.05) is 0 Å². The first-order valence-corrected chi connectivity index (χ1v) is 16.6. The van der Waals surface area contributed by atoms with Gasteiger partial charge in [0.2, 0.25) is 0 Å². The van der Waals surface area contributed by atoms with Crippen LogP contribution in [-0.2, 0) is 0 Å². The van der Waals surface area contributed by atoms with Crippen molar-refractivity contribution < 1.29 is 9.47 Å². The van der Waals surface area contributed by atoms with Gasteiger partial charge in [0.25, 0.3) is 0 Å². The number of piperazine rings is 2. The number of ether oxygens (including phenoxy) is 2. The van der Waals surface area contributed by atoms with E-state index in [-0.39, 0.29) is 0 Å². The second kappa shape index (κ2) is 13.7. The van der Waals surface area contributed by atoms with Gasteiger partial charge in [-0.3, -0.25) is 19.9 Å². The first-order valence-electron chi connectivity index (χ1n) is 16.6. The molecular formula is C35H37N13O2. The molecule has 0 aliphatic carbocycles. The number of hydrogen-bond donors (Lipinski definition) is 3. The van der Waals surface area contributed by atoms with Gasteiger partial charge in [0.1, 0.15) is 23.1 Å². The molecule has 2 saturated heterocycles. The Balaban J connectivity index is 1.16. The van der Waals surface area contributed by atoms with Crippen LogP contribution < -0.4 is 35.6 Å². The number of methoxy groups -OCH3 is 2. The van der Waals surface area contributed by atoms with E-state index in [2.05, 4.69) is 40.4 Å². The van der Waals surface area contributed by atoms with Crippen molar-refractivity contribution in [2.24, 2.45) is 5.73 Å². The van der Waals surface area contributed by atoms with E-state index in [1.54, 1.807) is 51.4 Å². The second-order valence-electron chi connectivity index (χ2n) is 12.1. The van der Waals surface area contributed by atoms with E-state index >= 15 is 0 Å². The number of rotatable bonds is 8. The van der Waals surface area contributed by atoms with Crippen LogP contribution in [0.5, 0.6) is 11.5 Å². The van der Waals surface area contributed by atoms with Crippen molar-refractivity contribution in [2.75, 3.05) is 76.4 Å². The zero-order valence-electron chi connectivity index (χ0n) is 27.9. The molecule has 2 aliphatic rings. The summed E-state index contributed by atoms with van der Waals surface area (Å²) in [5.74, 6) is 3.99. The van der Waals surface area contributed by atoms with Gasteiger partial charge in [0.05, 0.1) is 78.2 Å². The number of fused-ring (bicyclic) bond motifs is 2. The standard InChI is InChI=1S/C35H37N13O2/c1-49-27-19-39-17-25-29(27)34(47-11-7-37-8-12-47)45-32(43-25)21-3-5-41-23(15-21)31(36)24-16-22(4-6-42-24)33-44-26-18-40-20-28(50-2)30(26)35(46-33)48-13-9-38-10-14-48/h3-6,15-20,31,37-38H,7-14,36H2,1-2H3. The Morgan fingerprint density at radius 1 is 0.640 bits per heavy atom. The quantitative estimate of drug-likeness (QED) is 0.215. The Morgan fingerprint density at radius 2 is 1.08 bits per heavy atom. The van der Waals surface area contributed by atoms with Crippen molar-refractivity contribution in [3.63, 3.8) is 0 Å². The molecule has 0 aromatic carbocycles. The summed E-state index contributed by atoms with van der Waals surface area (Å²) in [5, 5.41) is 8.50. The lowest BCUT2D eigenvalue weighted by atomic mass is 10.0. The first kappa shape index (κ1) is 31.6. The van der Waals surface area contributed by atoms with Gasteiger partial charge in [-0.25, -0.2) is 19.9 Å². The minimum absolute atomic E-state index is 0.549. The Bertz CT molecular complexity index is 2020. The van der Waals surface area contributed by atoms with Gasteiger partial charge in [0, 0.05) is 75.9 Å². The van der Waals surface area contributed by atoms with Gasteiger partial charge in [0.15, 0.2) is 11.6 Å². The fourth-order valence-electron chi connectivity index (χ4n) is 6.52.